The van der Waals surface area contributed by atoms with Crippen LogP contribution in [0.1, 0.15) is 22.8 Å². The van der Waals surface area contributed by atoms with E-state index in [0.717, 1.165) is 37.7 Å². The van der Waals surface area contributed by atoms with E-state index in [1.54, 1.807) is 42.1 Å². The van der Waals surface area contributed by atoms with Gasteiger partial charge in [-0.05, 0) is 90.9 Å². The van der Waals surface area contributed by atoms with Gasteiger partial charge in [-0.3, -0.25) is 24.1 Å². The van der Waals surface area contributed by atoms with E-state index < -0.39 is 17.7 Å². The molecular weight excluding hydrogens is 717 g/mol. The number of nitrogens with one attached hydrogen (secondary N) is 2. The second-order valence-electron chi connectivity index (χ2n) is 12.0. The molecule has 0 spiro atoms. The highest BCUT2D eigenvalue weighted by molar-refractivity contribution is 9.10. The first-order chi connectivity index (χ1) is 22.2. The molecular formula is C33H24BrClFN3O5S2. The lowest BCUT2D eigenvalue weighted by molar-refractivity contribution is -0.123. The number of thiazole rings is 1. The highest BCUT2D eigenvalue weighted by Gasteiger charge is 2.69. The fourth-order valence-corrected chi connectivity index (χ4v) is 11.4. The van der Waals surface area contributed by atoms with Crippen LogP contribution in [-0.4, -0.2) is 34.6 Å². The van der Waals surface area contributed by atoms with Gasteiger partial charge >= 0.3 is 4.87 Å². The number of imide groups is 1. The zero-order valence-corrected chi connectivity index (χ0v) is 27.7. The molecule has 1 saturated heterocycles. The Morgan fingerprint density at radius 2 is 1.74 bits per heavy atom. The molecule has 2 N–H and O–H groups in total. The Hall–Kier alpha value is -3.45. The van der Waals surface area contributed by atoms with Crippen LogP contribution in [0.3, 0.4) is 0 Å². The van der Waals surface area contributed by atoms with E-state index in [9.17, 15) is 23.6 Å². The number of halogens is 3. The van der Waals surface area contributed by atoms with Gasteiger partial charge in [0.15, 0.2) is 6.61 Å². The third-order valence-corrected chi connectivity index (χ3v) is 12.9. The van der Waals surface area contributed by atoms with Crippen molar-refractivity contribution in [3.63, 3.8) is 0 Å². The molecule has 7 atom stereocenters. The number of nitrogens with zero attached hydrogens (tertiary/aromatic N) is 1. The average molecular weight is 741 g/mol. The molecule has 234 valence electrons. The molecule has 3 heterocycles. The molecule has 3 fully saturated rings. The Morgan fingerprint density at radius 3 is 2.48 bits per heavy atom. The maximum atomic E-state index is 14.0. The molecule has 8 rings (SSSR count). The molecule has 46 heavy (non-hydrogen) atoms. The Labute approximate surface area is 283 Å². The van der Waals surface area contributed by atoms with Crippen LogP contribution in [0.4, 0.5) is 15.8 Å². The first-order valence-corrected chi connectivity index (χ1v) is 17.6. The number of amides is 3. The van der Waals surface area contributed by atoms with E-state index in [-0.39, 0.29) is 58.1 Å². The fraction of sp³-hybridized carbons (Fsp3) is 0.273. The van der Waals surface area contributed by atoms with Gasteiger partial charge in [-0.25, -0.2) is 4.39 Å². The van der Waals surface area contributed by atoms with Crippen molar-refractivity contribution in [3.8, 4) is 5.75 Å². The second kappa shape index (κ2) is 11.4. The maximum Gasteiger partial charge on any atom is 0.305 e. The number of hydrogen-bond donors (Lipinski definition) is 2. The van der Waals surface area contributed by atoms with Crippen LogP contribution >= 0.6 is 50.6 Å². The van der Waals surface area contributed by atoms with Gasteiger partial charge in [0.1, 0.15) is 11.6 Å². The topological polar surface area (TPSA) is 109 Å². The summed E-state index contributed by atoms with van der Waals surface area (Å²) in [7, 11) is 0. The van der Waals surface area contributed by atoms with Crippen molar-refractivity contribution in [1.82, 2.24) is 4.98 Å². The van der Waals surface area contributed by atoms with E-state index in [1.165, 1.54) is 29.2 Å². The van der Waals surface area contributed by atoms with E-state index in [1.807, 2.05) is 12.1 Å². The molecule has 2 bridgehead atoms. The van der Waals surface area contributed by atoms with Crippen LogP contribution in [0.25, 0.3) is 0 Å². The predicted molar refractivity (Wildman–Crippen MR) is 177 cm³/mol. The normalized spacial score (nSPS) is 27.4. The predicted octanol–water partition coefficient (Wildman–Crippen LogP) is 6.69. The van der Waals surface area contributed by atoms with Gasteiger partial charge in [-0.15, -0.1) is 11.8 Å². The lowest BCUT2D eigenvalue weighted by Gasteiger charge is -2.43. The van der Waals surface area contributed by atoms with Gasteiger partial charge < -0.3 is 15.0 Å². The number of carbonyl (C=O) groups excluding carboxylic acids is 3. The summed E-state index contributed by atoms with van der Waals surface area (Å²) in [5, 5.41) is 4.11. The van der Waals surface area contributed by atoms with Crippen molar-refractivity contribution in [1.29, 1.82) is 0 Å². The monoisotopic (exact) mass is 739 g/mol. The summed E-state index contributed by atoms with van der Waals surface area (Å²) in [6.45, 7) is -0.251. The standard InChI is InChI=1S/C33H24BrClFN3O5S2/c34-14-1-10-22(44-13-23(40)37-17-6-2-15(35)3-7-17)19(11-14)24-25-20-12-21(28(25)45-30-29(24)46-33(43)38-30)27-26(20)31(41)39(32(27)42)18-8-4-16(36)5-9-18/h1-11,20-21,24-28H,12-13H2,(H,37,40)(H,38,43)/t20?,21?,24-,25?,26?,27?,28?/m1/s1. The molecule has 0 radical (unpaired) electrons. The van der Waals surface area contributed by atoms with Gasteiger partial charge in [0, 0.05) is 36.8 Å². The zero-order chi connectivity index (χ0) is 31.9. The number of hydrogen-bond acceptors (Lipinski definition) is 7. The summed E-state index contributed by atoms with van der Waals surface area (Å²) >= 11 is 12.3. The molecule has 1 aromatic heterocycles. The first-order valence-electron chi connectivity index (χ1n) is 14.7. The number of anilines is 2. The van der Waals surface area contributed by atoms with Crippen molar-refractivity contribution in [2.45, 2.75) is 22.6 Å². The smallest absolute Gasteiger partial charge is 0.305 e. The number of H-pyrrole nitrogens is 1. The molecule has 3 amide bonds. The van der Waals surface area contributed by atoms with E-state index >= 15 is 0 Å². The third-order valence-electron chi connectivity index (χ3n) is 9.60. The summed E-state index contributed by atoms with van der Waals surface area (Å²) < 4.78 is 20.6. The third kappa shape index (κ3) is 4.83. The number of benzene rings is 3. The minimum absolute atomic E-state index is 0.0287. The minimum Gasteiger partial charge on any atom is -0.483 e. The molecule has 4 aliphatic rings. The van der Waals surface area contributed by atoms with Crippen molar-refractivity contribution in [3.05, 3.63) is 102 Å². The second-order valence-corrected chi connectivity index (χ2v) is 15.5. The fourth-order valence-electron chi connectivity index (χ4n) is 7.98. The van der Waals surface area contributed by atoms with Gasteiger partial charge in [0.2, 0.25) is 11.8 Å². The number of aromatic amines is 1. The van der Waals surface area contributed by atoms with Gasteiger partial charge in [-0.2, -0.15) is 0 Å². The molecule has 4 aromatic rings. The lowest BCUT2D eigenvalue weighted by Crippen LogP contribution is -2.42. The first kappa shape index (κ1) is 29.9. The Kier molecular flexibility index (Phi) is 7.39. The molecule has 3 aromatic carbocycles. The summed E-state index contributed by atoms with van der Waals surface area (Å²) in [5.41, 5.74) is 1.77. The molecule has 13 heteroatoms. The van der Waals surface area contributed by atoms with Gasteiger partial charge in [0.25, 0.3) is 5.91 Å². The van der Waals surface area contributed by atoms with E-state index in [0.29, 0.717) is 22.1 Å². The van der Waals surface area contributed by atoms with Crippen LogP contribution in [0, 0.1) is 35.4 Å². The zero-order valence-electron chi connectivity index (χ0n) is 23.7. The van der Waals surface area contributed by atoms with Gasteiger partial charge in [-0.1, -0.05) is 38.9 Å². The Morgan fingerprint density at radius 1 is 1.02 bits per heavy atom. The number of ether oxygens (including phenoxy) is 1. The Bertz CT molecular complexity index is 1970. The number of rotatable bonds is 6. The van der Waals surface area contributed by atoms with E-state index in [2.05, 4.69) is 26.2 Å². The number of aromatic nitrogens is 1. The number of carbonyl (C=O) groups is 3. The molecule has 2 aliphatic heterocycles. The van der Waals surface area contributed by atoms with Crippen LogP contribution in [0.5, 0.6) is 5.75 Å². The van der Waals surface area contributed by atoms with Crippen molar-refractivity contribution < 1.29 is 23.5 Å². The van der Waals surface area contributed by atoms with Crippen LogP contribution < -0.4 is 19.8 Å². The quantitative estimate of drug-likeness (QED) is 0.214. The minimum atomic E-state index is -0.509. The van der Waals surface area contributed by atoms with Crippen LogP contribution in [0.15, 0.2) is 81.0 Å². The lowest BCUT2D eigenvalue weighted by atomic mass is 9.68. The largest absolute Gasteiger partial charge is 0.483 e. The van der Waals surface area contributed by atoms with Crippen molar-refractivity contribution in [2.24, 2.45) is 29.6 Å². The maximum absolute atomic E-state index is 14.0. The SMILES string of the molecule is O=C(COc1ccc(Br)cc1[C@H]1c2sc(=O)[nH]c2SC2C3CC(C4C(=O)N(c5ccc(F)cc5)C(=O)C34)C21)Nc1ccc(Cl)cc1. The van der Waals surface area contributed by atoms with Crippen LogP contribution in [0.2, 0.25) is 5.02 Å². The van der Waals surface area contributed by atoms with Crippen LogP contribution in [-0.2, 0) is 14.4 Å². The summed E-state index contributed by atoms with van der Waals surface area (Å²) in [5.74, 6) is -2.35. The summed E-state index contributed by atoms with van der Waals surface area (Å²) in [6.07, 6.45) is 0.718. The van der Waals surface area contributed by atoms with Crippen molar-refractivity contribution >= 4 is 79.7 Å². The average Bonchev–Trinajstić information content (AvgIpc) is 3.77. The molecule has 2 aliphatic carbocycles. The highest BCUT2D eigenvalue weighted by atomic mass is 79.9. The molecule has 2 saturated carbocycles. The number of fused-ring (bicyclic) bond motifs is 9. The number of thioether (sulfide) groups is 1. The summed E-state index contributed by atoms with van der Waals surface area (Å²) in [4.78, 5) is 58.3. The molecule has 6 unspecified atom stereocenters. The highest BCUT2D eigenvalue weighted by Crippen LogP contribution is 2.69. The van der Waals surface area contributed by atoms with Crippen molar-refractivity contribution in [2.75, 3.05) is 16.8 Å². The summed E-state index contributed by atoms with van der Waals surface area (Å²) in [6, 6.07) is 17.8. The van der Waals surface area contributed by atoms with E-state index in [4.69, 9.17) is 16.3 Å². The molecule has 8 nitrogen and oxygen atoms in total. The Balaban J connectivity index is 1.14. The van der Waals surface area contributed by atoms with Gasteiger partial charge in [0.05, 0.1) is 22.5 Å².